The maximum Gasteiger partial charge on any atom is 0.122 e. The SMILES string of the molecule is CCCOc1cc(Cl)[c]c(Cl)c1. The van der Waals surface area contributed by atoms with E-state index in [1.54, 1.807) is 12.1 Å². The van der Waals surface area contributed by atoms with Crippen LogP contribution in [-0.2, 0) is 0 Å². The smallest absolute Gasteiger partial charge is 0.122 e. The zero-order valence-electron chi connectivity index (χ0n) is 6.73. The molecule has 0 saturated carbocycles. The van der Waals surface area contributed by atoms with Crippen molar-refractivity contribution in [3.05, 3.63) is 28.2 Å². The molecular weight excluding hydrogens is 195 g/mol. The fraction of sp³-hybridized carbons (Fsp3) is 0.333. The molecule has 0 N–H and O–H groups in total. The molecule has 0 saturated heterocycles. The first-order valence-corrected chi connectivity index (χ1v) is 4.49. The quantitative estimate of drug-likeness (QED) is 0.730. The minimum absolute atomic E-state index is 0.480. The molecule has 1 radical (unpaired) electrons. The Morgan fingerprint density at radius 2 is 1.92 bits per heavy atom. The van der Waals surface area contributed by atoms with Crippen LogP contribution in [0.25, 0.3) is 0 Å². The second kappa shape index (κ2) is 4.58. The summed E-state index contributed by atoms with van der Waals surface area (Å²) in [7, 11) is 0. The van der Waals surface area contributed by atoms with Crippen LogP contribution in [0.15, 0.2) is 12.1 Å². The van der Waals surface area contributed by atoms with Crippen molar-refractivity contribution in [3.63, 3.8) is 0 Å². The van der Waals surface area contributed by atoms with Gasteiger partial charge in [-0.25, -0.2) is 0 Å². The molecule has 0 bridgehead atoms. The molecule has 3 heteroatoms. The van der Waals surface area contributed by atoms with Gasteiger partial charge in [-0.05, 0) is 18.6 Å². The lowest BCUT2D eigenvalue weighted by Gasteiger charge is -2.04. The largest absolute Gasteiger partial charge is 0.494 e. The minimum atomic E-state index is 0.480. The van der Waals surface area contributed by atoms with Crippen LogP contribution in [0.2, 0.25) is 10.0 Å². The summed E-state index contributed by atoms with van der Waals surface area (Å²) >= 11 is 11.4. The number of benzene rings is 1. The number of ether oxygens (including phenoxy) is 1. The number of hydrogen-bond donors (Lipinski definition) is 0. The molecule has 65 valence electrons. The third kappa shape index (κ3) is 2.92. The van der Waals surface area contributed by atoms with Gasteiger partial charge in [-0.1, -0.05) is 30.1 Å². The first-order valence-electron chi connectivity index (χ1n) is 3.73. The van der Waals surface area contributed by atoms with Crippen LogP contribution >= 0.6 is 23.2 Å². The van der Waals surface area contributed by atoms with E-state index in [2.05, 4.69) is 6.07 Å². The highest BCUT2D eigenvalue weighted by Gasteiger charge is 1.98. The molecule has 0 spiro atoms. The molecule has 1 aromatic carbocycles. The van der Waals surface area contributed by atoms with Gasteiger partial charge in [-0.2, -0.15) is 0 Å². The molecule has 0 amide bonds. The van der Waals surface area contributed by atoms with Crippen LogP contribution in [0, 0.1) is 6.07 Å². The van der Waals surface area contributed by atoms with Crippen molar-refractivity contribution in [1.82, 2.24) is 0 Å². The average Bonchev–Trinajstić information content (AvgIpc) is 1.99. The Balaban J connectivity index is 2.72. The van der Waals surface area contributed by atoms with E-state index in [1.165, 1.54) is 0 Å². The van der Waals surface area contributed by atoms with E-state index < -0.39 is 0 Å². The molecule has 0 unspecified atom stereocenters. The molecule has 0 aromatic heterocycles. The zero-order chi connectivity index (χ0) is 8.97. The Morgan fingerprint density at radius 3 is 2.42 bits per heavy atom. The van der Waals surface area contributed by atoms with E-state index in [1.807, 2.05) is 6.92 Å². The maximum atomic E-state index is 5.71. The van der Waals surface area contributed by atoms with Crippen molar-refractivity contribution in [1.29, 1.82) is 0 Å². The Bertz CT molecular complexity index is 240. The van der Waals surface area contributed by atoms with Gasteiger partial charge in [-0.15, -0.1) is 0 Å². The van der Waals surface area contributed by atoms with Gasteiger partial charge in [0.15, 0.2) is 0 Å². The normalized spacial score (nSPS) is 9.92. The molecule has 0 atom stereocenters. The molecule has 0 aliphatic heterocycles. The second-order valence-corrected chi connectivity index (χ2v) is 3.17. The standard InChI is InChI=1S/C9H9Cl2O/c1-2-3-12-9-5-7(10)4-8(11)6-9/h5-6H,2-3H2,1H3. The van der Waals surface area contributed by atoms with Gasteiger partial charge in [0.1, 0.15) is 5.75 Å². The summed E-state index contributed by atoms with van der Waals surface area (Å²) in [4.78, 5) is 0. The summed E-state index contributed by atoms with van der Waals surface area (Å²) in [5.41, 5.74) is 0. The predicted octanol–water partition coefficient (Wildman–Crippen LogP) is 3.58. The Morgan fingerprint density at radius 1 is 1.33 bits per heavy atom. The third-order valence-electron chi connectivity index (χ3n) is 1.25. The fourth-order valence-electron chi connectivity index (χ4n) is 0.781. The van der Waals surface area contributed by atoms with Crippen LogP contribution in [0.3, 0.4) is 0 Å². The zero-order valence-corrected chi connectivity index (χ0v) is 8.24. The lowest BCUT2D eigenvalue weighted by molar-refractivity contribution is 0.317. The van der Waals surface area contributed by atoms with Gasteiger partial charge in [0.05, 0.1) is 16.7 Å². The lowest BCUT2D eigenvalue weighted by atomic mass is 10.3. The highest BCUT2D eigenvalue weighted by atomic mass is 35.5. The van der Waals surface area contributed by atoms with Crippen molar-refractivity contribution in [2.75, 3.05) is 6.61 Å². The topological polar surface area (TPSA) is 9.23 Å². The molecule has 0 heterocycles. The maximum absolute atomic E-state index is 5.71. The van der Waals surface area contributed by atoms with Crippen LogP contribution in [0.4, 0.5) is 0 Å². The van der Waals surface area contributed by atoms with Crippen LogP contribution in [0.1, 0.15) is 13.3 Å². The summed E-state index contributed by atoms with van der Waals surface area (Å²) in [5.74, 6) is 0.700. The number of hydrogen-bond acceptors (Lipinski definition) is 1. The van der Waals surface area contributed by atoms with Gasteiger partial charge >= 0.3 is 0 Å². The Hall–Kier alpha value is -0.400. The van der Waals surface area contributed by atoms with E-state index in [-0.39, 0.29) is 0 Å². The highest BCUT2D eigenvalue weighted by molar-refractivity contribution is 6.34. The summed E-state index contributed by atoms with van der Waals surface area (Å²) in [5, 5.41) is 0.960. The molecule has 1 nitrogen and oxygen atoms in total. The van der Waals surface area contributed by atoms with E-state index >= 15 is 0 Å². The second-order valence-electron chi connectivity index (χ2n) is 2.36. The summed E-state index contributed by atoms with van der Waals surface area (Å²) in [6, 6.07) is 6.13. The van der Waals surface area contributed by atoms with E-state index in [4.69, 9.17) is 27.9 Å². The average molecular weight is 204 g/mol. The molecule has 12 heavy (non-hydrogen) atoms. The molecule has 0 fully saturated rings. The van der Waals surface area contributed by atoms with Crippen molar-refractivity contribution < 1.29 is 4.74 Å². The lowest BCUT2D eigenvalue weighted by Crippen LogP contribution is -1.94. The first kappa shape index (κ1) is 9.69. The van der Waals surface area contributed by atoms with Crippen molar-refractivity contribution in [2.45, 2.75) is 13.3 Å². The fourth-order valence-corrected chi connectivity index (χ4v) is 1.25. The molecule has 0 aliphatic rings. The van der Waals surface area contributed by atoms with Crippen molar-refractivity contribution in [3.8, 4) is 5.75 Å². The monoisotopic (exact) mass is 203 g/mol. The predicted molar refractivity (Wildman–Crippen MR) is 51.1 cm³/mol. The summed E-state index contributed by atoms with van der Waals surface area (Å²) in [6.45, 7) is 2.72. The van der Waals surface area contributed by atoms with Gasteiger partial charge in [0.25, 0.3) is 0 Å². The van der Waals surface area contributed by atoms with E-state index in [0.717, 1.165) is 6.42 Å². The molecular formula is C9H9Cl2O. The number of halogens is 2. The highest BCUT2D eigenvalue weighted by Crippen LogP contribution is 2.23. The molecule has 0 aliphatic carbocycles. The van der Waals surface area contributed by atoms with Gasteiger partial charge in [-0.3, -0.25) is 0 Å². The van der Waals surface area contributed by atoms with E-state index in [0.29, 0.717) is 22.4 Å². The third-order valence-corrected chi connectivity index (χ3v) is 1.66. The van der Waals surface area contributed by atoms with Crippen LogP contribution < -0.4 is 4.74 Å². The van der Waals surface area contributed by atoms with Gasteiger partial charge < -0.3 is 4.74 Å². The number of rotatable bonds is 3. The Kier molecular flexibility index (Phi) is 3.70. The van der Waals surface area contributed by atoms with Gasteiger partial charge in [0, 0.05) is 6.07 Å². The van der Waals surface area contributed by atoms with Gasteiger partial charge in [0.2, 0.25) is 0 Å². The van der Waals surface area contributed by atoms with Crippen molar-refractivity contribution >= 4 is 23.2 Å². The van der Waals surface area contributed by atoms with Crippen LogP contribution in [-0.4, -0.2) is 6.61 Å². The minimum Gasteiger partial charge on any atom is -0.494 e. The van der Waals surface area contributed by atoms with Crippen LogP contribution in [0.5, 0.6) is 5.75 Å². The Labute approximate surface area is 82.2 Å². The molecule has 1 aromatic rings. The summed E-state index contributed by atoms with van der Waals surface area (Å²) < 4.78 is 5.33. The summed E-state index contributed by atoms with van der Waals surface area (Å²) in [6.07, 6.45) is 0.966. The van der Waals surface area contributed by atoms with Crippen molar-refractivity contribution in [2.24, 2.45) is 0 Å². The molecule has 1 rings (SSSR count). The van der Waals surface area contributed by atoms with E-state index in [9.17, 15) is 0 Å². The first-order chi connectivity index (χ1) is 5.72.